The van der Waals surface area contributed by atoms with Crippen LogP contribution in [0, 0.1) is 13.8 Å². The number of nitrogens with two attached hydrogens (primary N) is 1. The number of benzene rings is 1. The first kappa shape index (κ1) is 13.9. The Bertz CT molecular complexity index is 456. The summed E-state index contributed by atoms with van der Waals surface area (Å²) in [5.74, 6) is -0.942. The number of nitrogens with zero attached hydrogens (tertiary/aromatic N) is 1. The highest BCUT2D eigenvalue weighted by atomic mass is 16.4. The predicted molar refractivity (Wildman–Crippen MR) is 76.7 cm³/mol. The molecule has 1 heterocycles. The summed E-state index contributed by atoms with van der Waals surface area (Å²) < 4.78 is 0. The number of aryl methyl sites for hydroxylation is 2. The minimum absolute atomic E-state index is 0.396. The SMILES string of the molecule is Cc1cc(N2CCCC2)cc(C)c1CC(N)C(=O)O. The first-order chi connectivity index (χ1) is 8.99. The molecule has 0 amide bonds. The van der Waals surface area contributed by atoms with Gasteiger partial charge in [-0.05, 0) is 61.9 Å². The number of carbonyl (C=O) groups is 1. The standard InChI is InChI=1S/C15H22N2O2/c1-10-7-12(17-5-3-4-6-17)8-11(2)13(10)9-14(16)15(18)19/h7-8,14H,3-6,9,16H2,1-2H3,(H,18,19). The van der Waals surface area contributed by atoms with E-state index in [1.807, 2.05) is 13.8 Å². The number of anilines is 1. The van der Waals surface area contributed by atoms with Gasteiger partial charge >= 0.3 is 5.97 Å². The number of carboxylic acid groups (broad SMARTS) is 1. The van der Waals surface area contributed by atoms with Crippen LogP contribution in [0.1, 0.15) is 29.5 Å². The Morgan fingerprint density at radius 1 is 1.32 bits per heavy atom. The Morgan fingerprint density at radius 2 is 1.84 bits per heavy atom. The van der Waals surface area contributed by atoms with Crippen LogP contribution >= 0.6 is 0 Å². The van der Waals surface area contributed by atoms with Crippen molar-refractivity contribution in [2.45, 2.75) is 39.2 Å². The number of hydrogen-bond donors (Lipinski definition) is 2. The van der Waals surface area contributed by atoms with Crippen molar-refractivity contribution in [1.82, 2.24) is 0 Å². The van der Waals surface area contributed by atoms with Gasteiger partial charge < -0.3 is 15.7 Å². The van der Waals surface area contributed by atoms with Crippen molar-refractivity contribution in [2.75, 3.05) is 18.0 Å². The molecule has 19 heavy (non-hydrogen) atoms. The van der Waals surface area contributed by atoms with E-state index in [4.69, 9.17) is 10.8 Å². The van der Waals surface area contributed by atoms with Gasteiger partial charge in [-0.1, -0.05) is 0 Å². The van der Waals surface area contributed by atoms with Crippen LogP contribution in [-0.4, -0.2) is 30.2 Å². The van der Waals surface area contributed by atoms with Crippen molar-refractivity contribution in [2.24, 2.45) is 5.73 Å². The summed E-state index contributed by atoms with van der Waals surface area (Å²) in [4.78, 5) is 13.3. The molecular formula is C15H22N2O2. The largest absolute Gasteiger partial charge is 0.480 e. The second-order valence-corrected chi connectivity index (χ2v) is 5.40. The van der Waals surface area contributed by atoms with Crippen LogP contribution in [0.5, 0.6) is 0 Å². The number of hydrogen-bond acceptors (Lipinski definition) is 3. The predicted octanol–water partition coefficient (Wildman–Crippen LogP) is 1.86. The molecule has 1 aromatic carbocycles. The first-order valence-electron chi connectivity index (χ1n) is 6.82. The summed E-state index contributed by atoms with van der Waals surface area (Å²) >= 11 is 0. The Hall–Kier alpha value is -1.55. The molecule has 1 aromatic rings. The van der Waals surface area contributed by atoms with Crippen molar-refractivity contribution < 1.29 is 9.90 Å². The lowest BCUT2D eigenvalue weighted by Crippen LogP contribution is -2.32. The molecule has 104 valence electrons. The van der Waals surface area contributed by atoms with E-state index in [-0.39, 0.29) is 0 Å². The maximum atomic E-state index is 10.9. The molecule has 0 bridgehead atoms. The normalized spacial score (nSPS) is 16.7. The van der Waals surface area contributed by atoms with Gasteiger partial charge in [-0.15, -0.1) is 0 Å². The molecule has 0 spiro atoms. The van der Waals surface area contributed by atoms with E-state index in [1.54, 1.807) is 0 Å². The zero-order valence-electron chi connectivity index (χ0n) is 11.6. The molecule has 1 unspecified atom stereocenters. The van der Waals surface area contributed by atoms with Crippen LogP contribution in [0.15, 0.2) is 12.1 Å². The molecule has 4 nitrogen and oxygen atoms in total. The lowest BCUT2D eigenvalue weighted by Gasteiger charge is -2.21. The van der Waals surface area contributed by atoms with Crippen LogP contribution in [0.25, 0.3) is 0 Å². The fourth-order valence-electron chi connectivity index (χ4n) is 2.76. The second-order valence-electron chi connectivity index (χ2n) is 5.40. The average molecular weight is 262 g/mol. The van der Waals surface area contributed by atoms with Gasteiger partial charge in [0.25, 0.3) is 0 Å². The van der Waals surface area contributed by atoms with Crippen molar-refractivity contribution in [1.29, 1.82) is 0 Å². The summed E-state index contributed by atoms with van der Waals surface area (Å²) in [6, 6.07) is 3.49. The van der Waals surface area contributed by atoms with E-state index >= 15 is 0 Å². The van der Waals surface area contributed by atoms with Gasteiger partial charge in [0, 0.05) is 18.8 Å². The smallest absolute Gasteiger partial charge is 0.320 e. The third-order valence-electron chi connectivity index (χ3n) is 3.89. The molecule has 1 aliphatic rings. The van der Waals surface area contributed by atoms with Crippen molar-refractivity contribution in [3.05, 3.63) is 28.8 Å². The van der Waals surface area contributed by atoms with Gasteiger partial charge in [-0.2, -0.15) is 0 Å². The monoisotopic (exact) mass is 262 g/mol. The molecule has 0 radical (unpaired) electrons. The quantitative estimate of drug-likeness (QED) is 0.869. The molecule has 2 rings (SSSR count). The van der Waals surface area contributed by atoms with Gasteiger partial charge in [-0.25, -0.2) is 0 Å². The van der Waals surface area contributed by atoms with Crippen molar-refractivity contribution in [3.8, 4) is 0 Å². The molecule has 0 saturated carbocycles. The second kappa shape index (κ2) is 5.61. The molecule has 1 saturated heterocycles. The molecule has 3 N–H and O–H groups in total. The lowest BCUT2D eigenvalue weighted by molar-refractivity contribution is -0.138. The molecule has 1 aliphatic heterocycles. The third kappa shape index (κ3) is 3.07. The summed E-state index contributed by atoms with van der Waals surface area (Å²) in [5, 5.41) is 8.92. The zero-order chi connectivity index (χ0) is 14.0. The van der Waals surface area contributed by atoms with E-state index in [1.165, 1.54) is 18.5 Å². The fourth-order valence-corrected chi connectivity index (χ4v) is 2.76. The van der Waals surface area contributed by atoms with E-state index < -0.39 is 12.0 Å². The Kier molecular flexibility index (Phi) is 4.10. The third-order valence-corrected chi connectivity index (χ3v) is 3.89. The summed E-state index contributed by atoms with van der Waals surface area (Å²) in [6.45, 7) is 6.31. The van der Waals surface area contributed by atoms with Gasteiger partial charge in [-0.3, -0.25) is 4.79 Å². The fraction of sp³-hybridized carbons (Fsp3) is 0.533. The molecule has 0 aliphatic carbocycles. The molecule has 1 fully saturated rings. The highest BCUT2D eigenvalue weighted by Gasteiger charge is 2.18. The van der Waals surface area contributed by atoms with Gasteiger partial charge in [0.05, 0.1) is 0 Å². The maximum Gasteiger partial charge on any atom is 0.320 e. The van der Waals surface area contributed by atoms with Crippen molar-refractivity contribution >= 4 is 11.7 Å². The van der Waals surface area contributed by atoms with Crippen LogP contribution < -0.4 is 10.6 Å². The van der Waals surface area contributed by atoms with Gasteiger partial charge in [0.15, 0.2) is 0 Å². The molecule has 0 aromatic heterocycles. The maximum absolute atomic E-state index is 10.9. The molecular weight excluding hydrogens is 240 g/mol. The van der Waals surface area contributed by atoms with Crippen LogP contribution in [0.2, 0.25) is 0 Å². The minimum atomic E-state index is -0.942. The van der Waals surface area contributed by atoms with E-state index in [0.717, 1.165) is 29.8 Å². The number of rotatable bonds is 4. The Morgan fingerprint density at radius 3 is 2.32 bits per heavy atom. The highest BCUT2D eigenvalue weighted by Crippen LogP contribution is 2.26. The summed E-state index contributed by atoms with van der Waals surface area (Å²) in [7, 11) is 0. The number of aliphatic carboxylic acids is 1. The first-order valence-corrected chi connectivity index (χ1v) is 6.82. The van der Waals surface area contributed by atoms with Crippen LogP contribution in [0.4, 0.5) is 5.69 Å². The van der Waals surface area contributed by atoms with Crippen LogP contribution in [0.3, 0.4) is 0 Å². The average Bonchev–Trinajstić information content (AvgIpc) is 2.86. The summed E-state index contributed by atoms with van der Waals surface area (Å²) in [5.41, 5.74) is 10.2. The van der Waals surface area contributed by atoms with E-state index in [2.05, 4.69) is 17.0 Å². The topological polar surface area (TPSA) is 66.6 Å². The van der Waals surface area contributed by atoms with E-state index in [9.17, 15) is 4.79 Å². The number of carboxylic acids is 1. The lowest BCUT2D eigenvalue weighted by atomic mass is 9.95. The van der Waals surface area contributed by atoms with Gasteiger partial charge in [0.2, 0.25) is 0 Å². The van der Waals surface area contributed by atoms with Gasteiger partial charge in [0.1, 0.15) is 6.04 Å². The Balaban J connectivity index is 2.24. The molecule has 4 heteroatoms. The minimum Gasteiger partial charge on any atom is -0.480 e. The van der Waals surface area contributed by atoms with Crippen molar-refractivity contribution in [3.63, 3.8) is 0 Å². The van der Waals surface area contributed by atoms with E-state index in [0.29, 0.717) is 6.42 Å². The zero-order valence-corrected chi connectivity index (χ0v) is 11.6. The Labute approximate surface area is 114 Å². The molecule has 1 atom stereocenters. The highest BCUT2D eigenvalue weighted by molar-refractivity contribution is 5.73. The summed E-state index contributed by atoms with van der Waals surface area (Å²) in [6.07, 6.45) is 2.90. The van der Waals surface area contributed by atoms with Crippen LogP contribution in [-0.2, 0) is 11.2 Å².